The quantitative estimate of drug-likeness (QED) is 0.557. The van der Waals surface area contributed by atoms with E-state index in [-0.39, 0.29) is 0 Å². The predicted molar refractivity (Wildman–Crippen MR) is 132 cm³/mol. The molecule has 0 saturated carbocycles. The van der Waals surface area contributed by atoms with E-state index < -0.39 is 53.5 Å². The minimum Gasteiger partial charge on any atom is -0.344 e. The first-order chi connectivity index (χ1) is 17.3. The summed E-state index contributed by atoms with van der Waals surface area (Å²) in [6.07, 6.45) is -1.83. The molecule has 0 unspecified atom stereocenters. The third-order valence-corrected chi connectivity index (χ3v) is 5.84. The maximum absolute atomic E-state index is 13.9. The van der Waals surface area contributed by atoms with Crippen molar-refractivity contribution in [2.75, 3.05) is 11.9 Å². The average Bonchev–Trinajstić information content (AvgIpc) is 2.97. The molecule has 7 nitrogen and oxygen atoms in total. The molecule has 1 aliphatic heterocycles. The van der Waals surface area contributed by atoms with Gasteiger partial charge in [0.1, 0.15) is 17.7 Å². The van der Waals surface area contributed by atoms with Crippen molar-refractivity contribution < 1.29 is 23.2 Å². The molecular weight excluding hydrogens is 466 g/mol. The van der Waals surface area contributed by atoms with Gasteiger partial charge in [0.25, 0.3) is 5.91 Å². The van der Waals surface area contributed by atoms with Crippen LogP contribution in [0.2, 0.25) is 0 Å². The van der Waals surface area contributed by atoms with Crippen molar-refractivity contribution in [3.63, 3.8) is 0 Å². The number of fused-ring (bicyclic) bond motifs is 1. The van der Waals surface area contributed by atoms with E-state index in [1.807, 2.05) is 42.5 Å². The molecule has 3 aromatic carbocycles. The number of benzodiazepines with no additional fused rings is 1. The van der Waals surface area contributed by atoms with Gasteiger partial charge in [-0.25, -0.2) is 13.8 Å². The Bertz CT molecular complexity index is 1320. The highest BCUT2D eigenvalue weighted by Crippen LogP contribution is 2.27. The van der Waals surface area contributed by atoms with Crippen molar-refractivity contribution >= 4 is 29.1 Å². The van der Waals surface area contributed by atoms with Crippen molar-refractivity contribution in [1.29, 1.82) is 0 Å². The standard InChI is InChI=1S/C27H24F2N4O3/c1-16(30-23(34)15-19-20(28)12-8-13-21(19)29)26(35)32-25-27(36)33(2)22-14-7-6-11-18(22)24(31-25)17-9-4-3-5-10-17/h3-14,16,25H,15H2,1-2H3,(H,30,34)(H,32,35)/t16-,25+/m0/s1. The molecule has 0 bridgehead atoms. The zero-order chi connectivity index (χ0) is 25.8. The number of rotatable bonds is 6. The zero-order valence-electron chi connectivity index (χ0n) is 19.7. The Morgan fingerprint density at radius 3 is 2.31 bits per heavy atom. The molecule has 3 amide bonds. The van der Waals surface area contributed by atoms with Crippen LogP contribution in [0.3, 0.4) is 0 Å². The van der Waals surface area contributed by atoms with Gasteiger partial charge in [-0.1, -0.05) is 54.6 Å². The molecule has 0 aromatic heterocycles. The molecule has 36 heavy (non-hydrogen) atoms. The molecule has 0 aliphatic carbocycles. The van der Waals surface area contributed by atoms with Crippen molar-refractivity contribution in [3.05, 3.63) is 101 Å². The normalized spacial score (nSPS) is 15.9. The highest BCUT2D eigenvalue weighted by molar-refractivity contribution is 6.20. The van der Waals surface area contributed by atoms with Crippen LogP contribution in [0.4, 0.5) is 14.5 Å². The van der Waals surface area contributed by atoms with Crippen LogP contribution in [-0.4, -0.2) is 42.7 Å². The Kier molecular flexibility index (Phi) is 7.19. The van der Waals surface area contributed by atoms with Crippen molar-refractivity contribution in [2.24, 2.45) is 4.99 Å². The van der Waals surface area contributed by atoms with Gasteiger partial charge >= 0.3 is 0 Å². The van der Waals surface area contributed by atoms with Crippen LogP contribution in [-0.2, 0) is 20.8 Å². The van der Waals surface area contributed by atoms with Crippen LogP contribution >= 0.6 is 0 Å². The number of para-hydroxylation sites is 1. The fourth-order valence-corrected chi connectivity index (χ4v) is 3.92. The van der Waals surface area contributed by atoms with E-state index in [9.17, 15) is 23.2 Å². The second kappa shape index (κ2) is 10.5. The van der Waals surface area contributed by atoms with E-state index in [4.69, 9.17) is 0 Å². The molecule has 2 atom stereocenters. The van der Waals surface area contributed by atoms with Gasteiger partial charge in [0.15, 0.2) is 0 Å². The number of nitrogens with one attached hydrogen (secondary N) is 2. The number of benzene rings is 3. The lowest BCUT2D eigenvalue weighted by Crippen LogP contribution is -2.52. The van der Waals surface area contributed by atoms with Crippen LogP contribution in [0.5, 0.6) is 0 Å². The number of halogens is 2. The first-order valence-corrected chi connectivity index (χ1v) is 11.3. The van der Waals surface area contributed by atoms with Crippen molar-refractivity contribution in [2.45, 2.75) is 25.6 Å². The van der Waals surface area contributed by atoms with Gasteiger partial charge in [-0.15, -0.1) is 0 Å². The van der Waals surface area contributed by atoms with E-state index in [1.165, 1.54) is 17.9 Å². The maximum atomic E-state index is 13.9. The zero-order valence-corrected chi connectivity index (χ0v) is 19.7. The van der Waals surface area contributed by atoms with Crippen LogP contribution in [0.1, 0.15) is 23.6 Å². The molecule has 0 saturated heterocycles. The lowest BCUT2D eigenvalue weighted by Gasteiger charge is -2.22. The van der Waals surface area contributed by atoms with Gasteiger partial charge in [-0.3, -0.25) is 14.4 Å². The van der Waals surface area contributed by atoms with Gasteiger partial charge in [-0.05, 0) is 25.1 Å². The van der Waals surface area contributed by atoms with Crippen molar-refractivity contribution in [3.8, 4) is 0 Å². The number of likely N-dealkylation sites (N-methyl/N-ethyl adjacent to an activating group) is 1. The van der Waals surface area contributed by atoms with Gasteiger partial charge in [0.05, 0.1) is 17.8 Å². The summed E-state index contributed by atoms with van der Waals surface area (Å²) in [7, 11) is 1.60. The molecule has 0 fully saturated rings. The minimum absolute atomic E-state index is 0.391. The molecule has 4 rings (SSSR count). The van der Waals surface area contributed by atoms with Gasteiger partial charge in [0.2, 0.25) is 18.0 Å². The van der Waals surface area contributed by atoms with E-state index >= 15 is 0 Å². The second-order valence-corrected chi connectivity index (χ2v) is 8.34. The summed E-state index contributed by atoms with van der Waals surface area (Å²) in [6.45, 7) is 1.41. The average molecular weight is 491 g/mol. The smallest absolute Gasteiger partial charge is 0.272 e. The first kappa shape index (κ1) is 24.7. The maximum Gasteiger partial charge on any atom is 0.272 e. The molecular formula is C27H24F2N4O3. The summed E-state index contributed by atoms with van der Waals surface area (Å²) in [6, 6.07) is 18.8. The third kappa shape index (κ3) is 5.14. The third-order valence-electron chi connectivity index (χ3n) is 5.84. The Morgan fingerprint density at radius 2 is 1.61 bits per heavy atom. The van der Waals surface area contributed by atoms with Gasteiger partial charge in [-0.2, -0.15) is 0 Å². The van der Waals surface area contributed by atoms with Crippen molar-refractivity contribution in [1.82, 2.24) is 10.6 Å². The first-order valence-electron chi connectivity index (χ1n) is 11.3. The molecule has 184 valence electrons. The van der Waals surface area contributed by atoms with E-state index in [0.29, 0.717) is 11.4 Å². The number of carbonyl (C=O) groups is 3. The number of aliphatic imine (C=N–C) groups is 1. The van der Waals surface area contributed by atoms with E-state index in [1.54, 1.807) is 19.2 Å². The molecule has 1 aliphatic rings. The second-order valence-electron chi connectivity index (χ2n) is 8.34. The summed E-state index contributed by atoms with van der Waals surface area (Å²) in [5, 5.41) is 5.00. The highest BCUT2D eigenvalue weighted by atomic mass is 19.1. The molecule has 1 heterocycles. The Hall–Kier alpha value is -4.40. The summed E-state index contributed by atoms with van der Waals surface area (Å²) in [5.74, 6) is -3.58. The minimum atomic E-state index is -1.26. The molecule has 0 spiro atoms. The molecule has 3 aromatic rings. The number of nitrogens with zero attached hydrogens (tertiary/aromatic N) is 2. The van der Waals surface area contributed by atoms with Crippen LogP contribution in [0, 0.1) is 11.6 Å². The number of amides is 3. The van der Waals surface area contributed by atoms with Crippen LogP contribution in [0.25, 0.3) is 0 Å². The molecule has 2 N–H and O–H groups in total. The fourth-order valence-electron chi connectivity index (χ4n) is 3.92. The van der Waals surface area contributed by atoms with Crippen LogP contribution < -0.4 is 15.5 Å². The predicted octanol–water partition coefficient (Wildman–Crippen LogP) is 2.97. The largest absolute Gasteiger partial charge is 0.344 e. The SMILES string of the molecule is C[C@H](NC(=O)Cc1c(F)cccc1F)C(=O)N[C@H]1N=C(c2ccccc2)c2ccccc2N(C)C1=O. The lowest BCUT2D eigenvalue weighted by molar-refractivity contribution is -0.130. The number of carbonyl (C=O) groups excluding carboxylic acids is 3. The number of hydrogen-bond donors (Lipinski definition) is 2. The van der Waals surface area contributed by atoms with Crippen LogP contribution in [0.15, 0.2) is 77.8 Å². The number of hydrogen-bond acceptors (Lipinski definition) is 4. The topological polar surface area (TPSA) is 90.9 Å². The van der Waals surface area contributed by atoms with Gasteiger partial charge < -0.3 is 15.5 Å². The summed E-state index contributed by atoms with van der Waals surface area (Å²) in [4.78, 5) is 44.5. The highest BCUT2D eigenvalue weighted by Gasteiger charge is 2.32. The Morgan fingerprint density at radius 1 is 0.972 bits per heavy atom. The summed E-state index contributed by atoms with van der Waals surface area (Å²) >= 11 is 0. The summed E-state index contributed by atoms with van der Waals surface area (Å²) in [5.41, 5.74) is 2.26. The number of anilines is 1. The molecule has 0 radical (unpaired) electrons. The Labute approximate surface area is 206 Å². The summed E-state index contributed by atoms with van der Waals surface area (Å²) < 4.78 is 27.7. The molecule has 9 heteroatoms. The van der Waals surface area contributed by atoms with Gasteiger partial charge in [0, 0.05) is 23.7 Å². The van der Waals surface area contributed by atoms with E-state index in [0.717, 1.165) is 23.3 Å². The fraction of sp³-hybridized carbons (Fsp3) is 0.185. The van der Waals surface area contributed by atoms with E-state index in [2.05, 4.69) is 15.6 Å². The lowest BCUT2D eigenvalue weighted by atomic mass is 10.0. The Balaban J connectivity index is 1.54. The monoisotopic (exact) mass is 490 g/mol.